The molecule has 1 aromatic rings. The van der Waals surface area contributed by atoms with Crippen LogP contribution >= 0.6 is 34.2 Å². The number of hydrogen-bond donors (Lipinski definition) is 1. The topological polar surface area (TPSA) is 21.3 Å². The molecule has 2 fully saturated rings. The number of hydrogen-bond acceptors (Lipinski definition) is 2. The molecule has 0 heterocycles. The Morgan fingerprint density at radius 3 is 2.76 bits per heavy atom. The van der Waals surface area contributed by atoms with Crippen LogP contribution in [0, 0.1) is 8.99 Å². The smallest absolute Gasteiger partial charge is 0.0670 e. The largest absolute Gasteiger partial charge is 0.380 e. The first-order chi connectivity index (χ1) is 10.2. The second-order valence-electron chi connectivity index (χ2n) is 6.29. The van der Waals surface area contributed by atoms with Gasteiger partial charge in [-0.05, 0) is 67.0 Å². The van der Waals surface area contributed by atoms with Crippen LogP contribution in [0.1, 0.15) is 45.4 Å². The highest BCUT2D eigenvalue weighted by molar-refractivity contribution is 14.1. The number of nitrogens with one attached hydrogen (secondary N) is 1. The SMILES string of the molecule is CCOC1CC(Nc2ccc(I)cc2Cl)C12CCCCC2. The number of benzene rings is 1. The number of ether oxygens (including phenoxy) is 1. The normalized spacial score (nSPS) is 27.4. The highest BCUT2D eigenvalue weighted by Crippen LogP contribution is 2.54. The van der Waals surface area contributed by atoms with Crippen LogP contribution in [0.15, 0.2) is 18.2 Å². The van der Waals surface area contributed by atoms with E-state index in [0.717, 1.165) is 23.7 Å². The van der Waals surface area contributed by atoms with Gasteiger partial charge in [0.1, 0.15) is 0 Å². The summed E-state index contributed by atoms with van der Waals surface area (Å²) in [5.41, 5.74) is 1.41. The van der Waals surface area contributed by atoms with Gasteiger partial charge in [-0.25, -0.2) is 0 Å². The Morgan fingerprint density at radius 1 is 1.33 bits per heavy atom. The van der Waals surface area contributed by atoms with Crippen LogP contribution < -0.4 is 5.32 Å². The lowest BCUT2D eigenvalue weighted by atomic mass is 9.55. The van der Waals surface area contributed by atoms with E-state index in [1.54, 1.807) is 0 Å². The summed E-state index contributed by atoms with van der Waals surface area (Å²) < 4.78 is 7.19. The minimum Gasteiger partial charge on any atom is -0.380 e. The maximum atomic E-state index is 6.38. The van der Waals surface area contributed by atoms with Crippen molar-refractivity contribution in [2.75, 3.05) is 11.9 Å². The molecule has 1 aromatic carbocycles. The summed E-state index contributed by atoms with van der Waals surface area (Å²) in [5.74, 6) is 0. The van der Waals surface area contributed by atoms with Crippen molar-refractivity contribution in [3.05, 3.63) is 26.8 Å². The molecule has 4 heteroatoms. The Bertz CT molecular complexity index is 502. The van der Waals surface area contributed by atoms with Gasteiger partial charge in [-0.2, -0.15) is 0 Å². The van der Waals surface area contributed by atoms with Crippen molar-refractivity contribution in [3.63, 3.8) is 0 Å². The van der Waals surface area contributed by atoms with Crippen LogP contribution in [-0.4, -0.2) is 18.8 Å². The Kier molecular flexibility index (Phi) is 5.01. The zero-order valence-corrected chi connectivity index (χ0v) is 15.4. The van der Waals surface area contributed by atoms with Gasteiger partial charge < -0.3 is 10.1 Å². The molecule has 116 valence electrons. The fourth-order valence-electron chi connectivity index (χ4n) is 4.06. The highest BCUT2D eigenvalue weighted by atomic mass is 127. The molecular weight excluding hydrogens is 397 g/mol. The summed E-state index contributed by atoms with van der Waals surface area (Å²) >= 11 is 8.68. The van der Waals surface area contributed by atoms with Gasteiger partial charge in [0, 0.05) is 21.6 Å². The third-order valence-electron chi connectivity index (χ3n) is 5.20. The fourth-order valence-corrected chi connectivity index (χ4v) is 4.97. The van der Waals surface area contributed by atoms with E-state index in [9.17, 15) is 0 Å². The second-order valence-corrected chi connectivity index (χ2v) is 7.95. The van der Waals surface area contributed by atoms with E-state index >= 15 is 0 Å². The molecule has 0 amide bonds. The average molecular weight is 420 g/mol. The first kappa shape index (κ1) is 15.9. The fraction of sp³-hybridized carbons (Fsp3) is 0.647. The van der Waals surface area contributed by atoms with Gasteiger partial charge >= 0.3 is 0 Å². The third-order valence-corrected chi connectivity index (χ3v) is 6.18. The summed E-state index contributed by atoms with van der Waals surface area (Å²) in [6, 6.07) is 6.75. The van der Waals surface area contributed by atoms with Gasteiger partial charge in [0.2, 0.25) is 0 Å². The second kappa shape index (κ2) is 6.63. The maximum Gasteiger partial charge on any atom is 0.0670 e. The van der Waals surface area contributed by atoms with Crippen LogP contribution in [0.3, 0.4) is 0 Å². The molecule has 2 nitrogen and oxygen atoms in total. The van der Waals surface area contributed by atoms with Crippen LogP contribution in [0.4, 0.5) is 5.69 Å². The molecule has 2 unspecified atom stereocenters. The summed E-state index contributed by atoms with van der Waals surface area (Å²) in [6.45, 7) is 2.93. The molecule has 0 aromatic heterocycles. The molecule has 2 saturated carbocycles. The van der Waals surface area contributed by atoms with Crippen LogP contribution in [0.5, 0.6) is 0 Å². The Morgan fingerprint density at radius 2 is 2.10 bits per heavy atom. The van der Waals surface area contributed by atoms with Crippen molar-refractivity contribution in [2.24, 2.45) is 5.41 Å². The highest BCUT2D eigenvalue weighted by Gasteiger charge is 2.55. The van der Waals surface area contributed by atoms with Gasteiger partial charge in [0.05, 0.1) is 16.8 Å². The van der Waals surface area contributed by atoms with E-state index in [0.29, 0.717) is 17.6 Å². The first-order valence-corrected chi connectivity index (χ1v) is 9.44. The van der Waals surface area contributed by atoms with Gasteiger partial charge in [0.25, 0.3) is 0 Å². The molecule has 2 aliphatic carbocycles. The van der Waals surface area contributed by atoms with E-state index in [4.69, 9.17) is 16.3 Å². The van der Waals surface area contributed by atoms with Gasteiger partial charge in [-0.3, -0.25) is 0 Å². The van der Waals surface area contributed by atoms with Crippen molar-refractivity contribution in [2.45, 2.75) is 57.6 Å². The third kappa shape index (κ3) is 3.06. The van der Waals surface area contributed by atoms with Crippen LogP contribution in [0.25, 0.3) is 0 Å². The minimum absolute atomic E-state index is 0.334. The van der Waals surface area contributed by atoms with E-state index in [2.05, 4.69) is 47.0 Å². The van der Waals surface area contributed by atoms with E-state index in [1.165, 1.54) is 35.7 Å². The van der Waals surface area contributed by atoms with Crippen LogP contribution in [0.2, 0.25) is 5.02 Å². The molecule has 2 atom stereocenters. The standard InChI is InChI=1S/C17H23ClINO/c1-2-21-16-11-15(17(16)8-4-3-5-9-17)20-14-7-6-12(19)10-13(14)18/h6-7,10,15-16,20H,2-5,8-9,11H2,1H3. The van der Waals surface area contributed by atoms with Crippen molar-refractivity contribution in [1.82, 2.24) is 0 Å². The monoisotopic (exact) mass is 419 g/mol. The number of rotatable bonds is 4. The van der Waals surface area contributed by atoms with Crippen molar-refractivity contribution < 1.29 is 4.74 Å². The summed E-state index contributed by atoms with van der Waals surface area (Å²) in [6.07, 6.45) is 8.16. The van der Waals surface area contributed by atoms with Gasteiger partial charge in [-0.15, -0.1) is 0 Å². The zero-order valence-electron chi connectivity index (χ0n) is 12.5. The Labute approximate surface area is 146 Å². The zero-order chi connectivity index (χ0) is 14.9. The van der Waals surface area contributed by atoms with Crippen LogP contribution in [-0.2, 0) is 4.74 Å². The summed E-state index contributed by atoms with van der Waals surface area (Å²) in [5, 5.41) is 4.53. The van der Waals surface area contributed by atoms with Gasteiger partial charge in [0.15, 0.2) is 0 Å². The maximum absolute atomic E-state index is 6.38. The molecule has 0 radical (unpaired) electrons. The minimum atomic E-state index is 0.334. The lowest BCUT2D eigenvalue weighted by molar-refractivity contribution is -0.134. The first-order valence-electron chi connectivity index (χ1n) is 7.99. The molecular formula is C17H23ClINO. The quantitative estimate of drug-likeness (QED) is 0.652. The molecule has 2 aliphatic rings. The molecule has 0 bridgehead atoms. The summed E-state index contributed by atoms with van der Waals surface area (Å²) in [4.78, 5) is 0. The Hall–Kier alpha value is -0.0000000000000000555. The predicted octanol–water partition coefficient (Wildman–Crippen LogP) is 5.48. The molecule has 1 spiro atoms. The van der Waals surface area contributed by atoms with Crippen molar-refractivity contribution >= 4 is 39.9 Å². The van der Waals surface area contributed by atoms with E-state index in [1.807, 2.05) is 6.07 Å². The molecule has 1 N–H and O–H groups in total. The summed E-state index contributed by atoms with van der Waals surface area (Å²) in [7, 11) is 0. The van der Waals surface area contributed by atoms with Crippen molar-refractivity contribution in [1.29, 1.82) is 0 Å². The molecule has 0 saturated heterocycles. The van der Waals surface area contributed by atoms with E-state index in [-0.39, 0.29) is 0 Å². The predicted molar refractivity (Wildman–Crippen MR) is 97.1 cm³/mol. The lowest BCUT2D eigenvalue weighted by Crippen LogP contribution is -2.62. The number of anilines is 1. The average Bonchev–Trinajstić information content (AvgIpc) is 2.49. The van der Waals surface area contributed by atoms with Crippen molar-refractivity contribution in [3.8, 4) is 0 Å². The molecule has 3 rings (SSSR count). The molecule has 21 heavy (non-hydrogen) atoms. The molecule has 0 aliphatic heterocycles. The number of halogens is 2. The van der Waals surface area contributed by atoms with Gasteiger partial charge in [-0.1, -0.05) is 30.9 Å². The van der Waals surface area contributed by atoms with E-state index < -0.39 is 0 Å². The lowest BCUT2D eigenvalue weighted by Gasteiger charge is -2.58. The Balaban J connectivity index is 1.75.